The normalized spacial score (nSPS) is 14.3. The Hall–Kier alpha value is -3.34. The number of hydrogen-bond acceptors (Lipinski definition) is 5. The minimum atomic E-state index is -0.644. The molecule has 2 aromatic carbocycles. The first-order chi connectivity index (χ1) is 14.4. The van der Waals surface area contributed by atoms with Crippen molar-refractivity contribution in [2.24, 2.45) is 0 Å². The van der Waals surface area contributed by atoms with Crippen LogP contribution in [0.15, 0.2) is 65.7 Å². The van der Waals surface area contributed by atoms with Gasteiger partial charge in [-0.2, -0.15) is 0 Å². The molecule has 5 heteroatoms. The Morgan fingerprint density at radius 1 is 0.900 bits per heavy atom. The van der Waals surface area contributed by atoms with Crippen LogP contribution in [0, 0.1) is 0 Å². The number of ether oxygens (including phenoxy) is 1. The van der Waals surface area contributed by atoms with E-state index in [1.165, 1.54) is 7.11 Å². The maximum atomic E-state index is 12.8. The van der Waals surface area contributed by atoms with Crippen LogP contribution in [0.3, 0.4) is 0 Å². The standard InChI is InChI=1S/C25H24O5/c1-16-19(24(28)21-13-7-6-12-20(21)23(16)27)14-8-11-18(26)15-22(25(29)30-2)17-9-4-3-5-10-17/h3-7,9-10,12-13,22H,8,11,14-15H2,1-2H3/t22-/m0/s1. The summed E-state index contributed by atoms with van der Waals surface area (Å²) < 4.78 is 4.86. The summed E-state index contributed by atoms with van der Waals surface area (Å²) >= 11 is 0. The molecule has 0 aliphatic heterocycles. The van der Waals surface area contributed by atoms with Gasteiger partial charge in [-0.05, 0) is 25.3 Å². The second-order valence-electron chi connectivity index (χ2n) is 7.39. The smallest absolute Gasteiger partial charge is 0.313 e. The van der Waals surface area contributed by atoms with Gasteiger partial charge in [-0.3, -0.25) is 19.2 Å². The topological polar surface area (TPSA) is 77.5 Å². The molecular weight excluding hydrogens is 380 g/mol. The van der Waals surface area contributed by atoms with Crippen LogP contribution < -0.4 is 0 Å². The van der Waals surface area contributed by atoms with Crippen LogP contribution in [-0.4, -0.2) is 30.4 Å². The molecule has 5 nitrogen and oxygen atoms in total. The Bertz CT molecular complexity index is 1020. The van der Waals surface area contributed by atoms with E-state index in [1.54, 1.807) is 43.3 Å². The molecule has 0 aromatic heterocycles. The molecule has 0 saturated carbocycles. The number of carbonyl (C=O) groups is 4. The lowest BCUT2D eigenvalue weighted by molar-refractivity contribution is -0.144. The Labute approximate surface area is 175 Å². The first-order valence-corrected chi connectivity index (χ1v) is 9.96. The van der Waals surface area contributed by atoms with E-state index in [1.807, 2.05) is 18.2 Å². The van der Waals surface area contributed by atoms with Crippen molar-refractivity contribution in [3.63, 3.8) is 0 Å². The van der Waals surface area contributed by atoms with Crippen LogP contribution >= 0.6 is 0 Å². The summed E-state index contributed by atoms with van der Waals surface area (Å²) in [5, 5.41) is 0. The van der Waals surface area contributed by atoms with E-state index < -0.39 is 11.9 Å². The molecule has 0 unspecified atom stereocenters. The third-order valence-corrected chi connectivity index (χ3v) is 5.49. The predicted molar refractivity (Wildman–Crippen MR) is 112 cm³/mol. The van der Waals surface area contributed by atoms with Crippen LogP contribution in [0.5, 0.6) is 0 Å². The number of Topliss-reactive ketones (excluding diaryl/α,β-unsaturated/α-hetero) is 3. The molecule has 30 heavy (non-hydrogen) atoms. The van der Waals surface area contributed by atoms with Crippen LogP contribution in [0.4, 0.5) is 0 Å². The number of allylic oxidation sites excluding steroid dienone is 2. The molecule has 2 aromatic rings. The van der Waals surface area contributed by atoms with Gasteiger partial charge in [0.15, 0.2) is 11.6 Å². The van der Waals surface area contributed by atoms with Gasteiger partial charge in [0.05, 0.1) is 13.0 Å². The Morgan fingerprint density at radius 2 is 1.50 bits per heavy atom. The van der Waals surface area contributed by atoms with E-state index in [0.29, 0.717) is 35.1 Å². The number of carbonyl (C=O) groups excluding carboxylic acids is 4. The number of benzene rings is 2. The minimum Gasteiger partial charge on any atom is -0.469 e. The molecule has 154 valence electrons. The van der Waals surface area contributed by atoms with Gasteiger partial charge in [0.1, 0.15) is 5.78 Å². The fourth-order valence-electron chi connectivity index (χ4n) is 3.81. The first-order valence-electron chi connectivity index (χ1n) is 9.96. The Kier molecular flexibility index (Phi) is 6.72. The molecule has 0 spiro atoms. The van der Waals surface area contributed by atoms with Crippen molar-refractivity contribution >= 4 is 23.3 Å². The molecule has 1 aliphatic rings. The lowest BCUT2D eigenvalue weighted by Crippen LogP contribution is -2.21. The summed E-state index contributed by atoms with van der Waals surface area (Å²) in [6, 6.07) is 15.9. The summed E-state index contributed by atoms with van der Waals surface area (Å²) in [5.74, 6) is -1.46. The molecule has 3 rings (SSSR count). The van der Waals surface area contributed by atoms with Gasteiger partial charge < -0.3 is 4.74 Å². The van der Waals surface area contributed by atoms with E-state index in [2.05, 4.69) is 0 Å². The third kappa shape index (κ3) is 4.46. The summed E-state index contributed by atoms with van der Waals surface area (Å²) in [4.78, 5) is 50.0. The number of hydrogen-bond donors (Lipinski definition) is 0. The van der Waals surface area contributed by atoms with E-state index in [9.17, 15) is 19.2 Å². The molecule has 0 heterocycles. The van der Waals surface area contributed by atoms with Crippen molar-refractivity contribution in [3.05, 3.63) is 82.4 Å². The zero-order valence-corrected chi connectivity index (χ0v) is 17.1. The van der Waals surface area contributed by atoms with Gasteiger partial charge in [-0.15, -0.1) is 0 Å². The van der Waals surface area contributed by atoms with Gasteiger partial charge in [0, 0.05) is 35.1 Å². The van der Waals surface area contributed by atoms with Crippen molar-refractivity contribution in [1.29, 1.82) is 0 Å². The van der Waals surface area contributed by atoms with Crippen molar-refractivity contribution in [3.8, 4) is 0 Å². The zero-order valence-electron chi connectivity index (χ0n) is 17.1. The number of methoxy groups -OCH3 is 1. The molecule has 1 aliphatic carbocycles. The first kappa shape index (κ1) is 21.4. The molecule has 1 atom stereocenters. The average Bonchev–Trinajstić information content (AvgIpc) is 2.78. The highest BCUT2D eigenvalue weighted by molar-refractivity contribution is 6.26. The second kappa shape index (κ2) is 9.44. The summed E-state index contributed by atoms with van der Waals surface area (Å²) in [6.45, 7) is 1.66. The molecular formula is C25H24O5. The average molecular weight is 404 g/mol. The largest absolute Gasteiger partial charge is 0.469 e. The maximum absolute atomic E-state index is 12.8. The van der Waals surface area contributed by atoms with Gasteiger partial charge >= 0.3 is 5.97 Å². The highest BCUT2D eigenvalue weighted by atomic mass is 16.5. The number of rotatable bonds is 8. The highest BCUT2D eigenvalue weighted by Gasteiger charge is 2.29. The molecule has 0 fully saturated rings. The SMILES string of the molecule is COC(=O)[C@@H](CC(=O)CCCC1=C(C)C(=O)c2ccccc2C1=O)c1ccccc1. The summed E-state index contributed by atoms with van der Waals surface area (Å²) in [5.41, 5.74) is 2.51. The molecule has 0 radical (unpaired) electrons. The Balaban J connectivity index is 1.64. The van der Waals surface area contributed by atoms with E-state index in [4.69, 9.17) is 4.74 Å². The van der Waals surface area contributed by atoms with E-state index in [0.717, 1.165) is 5.56 Å². The highest BCUT2D eigenvalue weighted by Crippen LogP contribution is 2.29. The molecule has 0 amide bonds. The quantitative estimate of drug-likeness (QED) is 0.607. The van der Waals surface area contributed by atoms with Gasteiger partial charge in [-0.25, -0.2) is 0 Å². The van der Waals surface area contributed by atoms with Crippen molar-refractivity contribution in [1.82, 2.24) is 0 Å². The summed E-state index contributed by atoms with van der Waals surface area (Å²) in [7, 11) is 1.31. The van der Waals surface area contributed by atoms with Crippen LogP contribution in [0.1, 0.15) is 64.8 Å². The number of fused-ring (bicyclic) bond motifs is 1. The van der Waals surface area contributed by atoms with Gasteiger partial charge in [-0.1, -0.05) is 54.6 Å². The fourth-order valence-corrected chi connectivity index (χ4v) is 3.81. The van der Waals surface area contributed by atoms with Crippen molar-refractivity contribution < 1.29 is 23.9 Å². The second-order valence-corrected chi connectivity index (χ2v) is 7.39. The Morgan fingerprint density at radius 3 is 2.13 bits per heavy atom. The van der Waals surface area contributed by atoms with Crippen LogP contribution in [0.25, 0.3) is 0 Å². The minimum absolute atomic E-state index is 0.0461. The van der Waals surface area contributed by atoms with E-state index in [-0.39, 0.29) is 30.2 Å². The lowest BCUT2D eigenvalue weighted by Gasteiger charge is -2.19. The van der Waals surface area contributed by atoms with E-state index >= 15 is 0 Å². The van der Waals surface area contributed by atoms with Crippen LogP contribution in [0.2, 0.25) is 0 Å². The van der Waals surface area contributed by atoms with Crippen molar-refractivity contribution in [2.75, 3.05) is 7.11 Å². The zero-order chi connectivity index (χ0) is 21.7. The number of esters is 1. The molecule has 0 saturated heterocycles. The fraction of sp³-hybridized carbons (Fsp3) is 0.280. The monoisotopic (exact) mass is 404 g/mol. The number of ketones is 3. The van der Waals surface area contributed by atoms with Crippen LogP contribution in [-0.2, 0) is 14.3 Å². The van der Waals surface area contributed by atoms with Gasteiger partial charge in [0.25, 0.3) is 0 Å². The lowest BCUT2D eigenvalue weighted by atomic mass is 9.82. The third-order valence-electron chi connectivity index (χ3n) is 5.49. The summed E-state index contributed by atoms with van der Waals surface area (Å²) in [6.07, 6.45) is 1.06. The maximum Gasteiger partial charge on any atom is 0.313 e. The molecule has 0 N–H and O–H groups in total. The van der Waals surface area contributed by atoms with Gasteiger partial charge in [0.2, 0.25) is 0 Å². The van der Waals surface area contributed by atoms with Crippen molar-refractivity contribution in [2.45, 2.75) is 38.5 Å². The predicted octanol–water partition coefficient (Wildman–Crippen LogP) is 4.47. The molecule has 0 bridgehead atoms.